The van der Waals surface area contributed by atoms with Crippen LogP contribution in [0.5, 0.6) is 0 Å². The highest BCUT2D eigenvalue weighted by molar-refractivity contribution is 5.93. The number of nitrogens with two attached hydrogens (primary N) is 1. The van der Waals surface area contributed by atoms with Crippen LogP contribution in [0.2, 0.25) is 0 Å². The van der Waals surface area contributed by atoms with Crippen molar-refractivity contribution in [1.29, 1.82) is 0 Å². The summed E-state index contributed by atoms with van der Waals surface area (Å²) in [7, 11) is 0. The predicted molar refractivity (Wildman–Crippen MR) is 117 cm³/mol. The molecular formula is C23H25F2N5O. The van der Waals surface area contributed by atoms with Crippen molar-refractivity contribution in [2.75, 3.05) is 29.1 Å². The van der Waals surface area contributed by atoms with Gasteiger partial charge in [-0.25, -0.2) is 8.78 Å². The van der Waals surface area contributed by atoms with Gasteiger partial charge in [-0.05, 0) is 61.7 Å². The molecule has 3 aromatic rings. The van der Waals surface area contributed by atoms with E-state index in [-0.39, 0.29) is 11.6 Å². The van der Waals surface area contributed by atoms with E-state index in [1.807, 2.05) is 13.0 Å². The topological polar surface area (TPSA) is 76.3 Å². The molecule has 2 unspecified atom stereocenters. The van der Waals surface area contributed by atoms with E-state index in [9.17, 15) is 8.78 Å². The third-order valence-corrected chi connectivity index (χ3v) is 6.27. The smallest absolute Gasteiger partial charge is 0.263 e. The fourth-order valence-corrected chi connectivity index (χ4v) is 4.60. The number of piperidine rings is 1. The molecule has 6 rings (SSSR count). The molecular weight excluding hydrogens is 400 g/mol. The van der Waals surface area contributed by atoms with E-state index in [2.05, 4.69) is 32.5 Å². The first-order chi connectivity index (χ1) is 15.0. The van der Waals surface area contributed by atoms with Gasteiger partial charge in [0.2, 0.25) is 0 Å². The zero-order chi connectivity index (χ0) is 21.5. The molecule has 8 heteroatoms. The largest absolute Gasteiger partial charge is 0.399 e. The van der Waals surface area contributed by atoms with Crippen molar-refractivity contribution in [3.05, 3.63) is 53.7 Å². The number of nitrogens with one attached hydrogen (secondary N) is 1. The number of ether oxygens (including phenoxy) is 1. The zero-order valence-corrected chi connectivity index (χ0v) is 17.3. The Morgan fingerprint density at radius 2 is 2.00 bits per heavy atom. The van der Waals surface area contributed by atoms with E-state index < -0.39 is 6.43 Å². The first-order valence-corrected chi connectivity index (χ1v) is 10.6. The molecule has 3 N–H and O–H groups in total. The van der Waals surface area contributed by atoms with E-state index in [1.165, 1.54) is 12.1 Å². The van der Waals surface area contributed by atoms with Crippen molar-refractivity contribution in [3.63, 3.8) is 0 Å². The maximum atomic E-state index is 13.2. The molecule has 6 nitrogen and oxygen atoms in total. The molecule has 162 valence electrons. The number of hydrogen-bond donors (Lipinski definition) is 2. The highest BCUT2D eigenvalue weighted by atomic mass is 19.3. The molecule has 1 aromatic heterocycles. The highest BCUT2D eigenvalue weighted by Gasteiger charge is 2.34. The van der Waals surface area contributed by atoms with Gasteiger partial charge in [0, 0.05) is 34.9 Å². The van der Waals surface area contributed by atoms with Gasteiger partial charge in [0.25, 0.3) is 6.43 Å². The van der Waals surface area contributed by atoms with Crippen LogP contribution in [0.25, 0.3) is 10.9 Å². The van der Waals surface area contributed by atoms with Crippen LogP contribution in [0.4, 0.5) is 25.8 Å². The van der Waals surface area contributed by atoms with Gasteiger partial charge in [-0.2, -0.15) is 10.2 Å². The van der Waals surface area contributed by atoms with Gasteiger partial charge in [-0.3, -0.25) is 0 Å². The Bertz CT molecular complexity index is 1100. The number of fused-ring (bicyclic) bond motifs is 4. The second-order valence-electron chi connectivity index (χ2n) is 8.40. The lowest BCUT2D eigenvalue weighted by atomic mass is 9.96. The summed E-state index contributed by atoms with van der Waals surface area (Å²) in [6.45, 7) is 3.58. The second kappa shape index (κ2) is 7.92. The number of hydrogen-bond acceptors (Lipinski definition) is 6. The van der Waals surface area contributed by atoms with Crippen LogP contribution in [0.15, 0.2) is 42.6 Å². The molecule has 0 radical (unpaired) electrons. The summed E-state index contributed by atoms with van der Waals surface area (Å²) in [5, 5.41) is 12.7. The van der Waals surface area contributed by atoms with E-state index in [4.69, 9.17) is 10.5 Å². The number of morpholine rings is 1. The van der Waals surface area contributed by atoms with Crippen LogP contribution in [0.3, 0.4) is 0 Å². The normalized spacial score (nSPS) is 21.6. The second-order valence-corrected chi connectivity index (χ2v) is 8.40. The summed E-state index contributed by atoms with van der Waals surface area (Å²) >= 11 is 0. The van der Waals surface area contributed by atoms with Crippen molar-refractivity contribution in [2.24, 2.45) is 0 Å². The molecule has 3 aliphatic rings. The summed E-state index contributed by atoms with van der Waals surface area (Å²) < 4.78 is 32.2. The Morgan fingerprint density at radius 1 is 1.16 bits per heavy atom. The van der Waals surface area contributed by atoms with Crippen molar-refractivity contribution in [2.45, 2.75) is 44.4 Å². The Labute approximate surface area is 179 Å². The molecule has 3 fully saturated rings. The summed E-state index contributed by atoms with van der Waals surface area (Å²) in [5.41, 5.74) is 9.51. The standard InChI is InChI=1S/C23H25F2N5O/c1-13(14-6-15(23(24)25)8-16(26)7-14)28-22-10-27-29-21-5-3-17(9-20(21)22)30-11-19-4-2-18(30)12-31-19/h3,5-10,13,18-19,23H,2,4,11-12,26H2,1H3,(H,28,29)/t13-,18?,19?/m1/s1. The number of benzene rings is 2. The molecule has 2 bridgehead atoms. The number of anilines is 3. The molecule has 3 saturated heterocycles. The highest BCUT2D eigenvalue weighted by Crippen LogP contribution is 2.35. The summed E-state index contributed by atoms with van der Waals surface area (Å²) in [5.74, 6) is 0. The van der Waals surface area contributed by atoms with Crippen molar-refractivity contribution in [1.82, 2.24) is 10.2 Å². The van der Waals surface area contributed by atoms with Crippen LogP contribution >= 0.6 is 0 Å². The van der Waals surface area contributed by atoms with E-state index in [0.29, 0.717) is 23.4 Å². The van der Waals surface area contributed by atoms with Crippen LogP contribution in [0, 0.1) is 0 Å². The minimum absolute atomic E-state index is 0.0778. The van der Waals surface area contributed by atoms with Gasteiger partial charge >= 0.3 is 0 Å². The SMILES string of the molecule is C[C@@H](Nc1cnnc2ccc(N3CC4CCC3CO4)cc12)c1cc(N)cc(C(F)F)c1. The first kappa shape index (κ1) is 19.9. The quantitative estimate of drug-likeness (QED) is 0.578. The van der Waals surface area contributed by atoms with Crippen molar-refractivity contribution in [3.8, 4) is 0 Å². The van der Waals surface area contributed by atoms with Gasteiger partial charge in [0.1, 0.15) is 0 Å². The zero-order valence-electron chi connectivity index (χ0n) is 17.3. The Morgan fingerprint density at radius 3 is 2.71 bits per heavy atom. The molecule has 3 atom stereocenters. The van der Waals surface area contributed by atoms with E-state index >= 15 is 0 Å². The number of aromatic nitrogens is 2. The van der Waals surface area contributed by atoms with E-state index in [0.717, 1.165) is 48.3 Å². The number of alkyl halides is 2. The van der Waals surface area contributed by atoms with Crippen molar-refractivity contribution >= 4 is 28.0 Å². The predicted octanol–water partition coefficient (Wildman–Crippen LogP) is 4.69. The van der Waals surface area contributed by atoms with Gasteiger partial charge in [0.05, 0.1) is 36.2 Å². The first-order valence-electron chi connectivity index (χ1n) is 10.6. The summed E-state index contributed by atoms with van der Waals surface area (Å²) in [6.07, 6.45) is 1.66. The Hall–Kier alpha value is -3.00. The molecule has 3 aliphatic heterocycles. The van der Waals surface area contributed by atoms with Crippen LogP contribution in [-0.4, -0.2) is 35.5 Å². The summed E-state index contributed by atoms with van der Waals surface area (Å²) in [4.78, 5) is 2.41. The Kier molecular flexibility index (Phi) is 5.09. The molecule has 0 saturated carbocycles. The van der Waals surface area contributed by atoms with Gasteiger partial charge in [-0.1, -0.05) is 0 Å². The average molecular weight is 425 g/mol. The molecule has 0 aliphatic carbocycles. The lowest BCUT2D eigenvalue weighted by molar-refractivity contribution is -0.0225. The monoisotopic (exact) mass is 425 g/mol. The van der Waals surface area contributed by atoms with Crippen molar-refractivity contribution < 1.29 is 13.5 Å². The molecule has 0 amide bonds. The minimum Gasteiger partial charge on any atom is -0.399 e. The van der Waals surface area contributed by atoms with Gasteiger partial charge in [0.15, 0.2) is 0 Å². The number of rotatable bonds is 5. The maximum absolute atomic E-state index is 13.2. The van der Waals surface area contributed by atoms with E-state index in [1.54, 1.807) is 12.3 Å². The molecule has 4 heterocycles. The number of nitrogen functional groups attached to an aromatic ring is 1. The van der Waals surface area contributed by atoms with Gasteiger partial charge < -0.3 is 20.7 Å². The molecule has 2 aromatic carbocycles. The maximum Gasteiger partial charge on any atom is 0.263 e. The van der Waals surface area contributed by atoms with Gasteiger partial charge in [-0.15, -0.1) is 0 Å². The fourth-order valence-electron chi connectivity index (χ4n) is 4.60. The third kappa shape index (κ3) is 3.87. The molecule has 31 heavy (non-hydrogen) atoms. The number of halogens is 2. The minimum atomic E-state index is -2.57. The number of nitrogens with zero attached hydrogens (tertiary/aromatic N) is 3. The lowest BCUT2D eigenvalue weighted by Gasteiger charge is -2.46. The summed E-state index contributed by atoms with van der Waals surface area (Å²) in [6, 6.07) is 10.9. The third-order valence-electron chi connectivity index (χ3n) is 6.27. The fraction of sp³-hybridized carbons (Fsp3) is 0.391. The average Bonchev–Trinajstić information content (AvgIpc) is 2.79. The van der Waals surface area contributed by atoms with Crippen LogP contribution < -0.4 is 16.0 Å². The Balaban J connectivity index is 1.46. The molecule has 0 spiro atoms. The van der Waals surface area contributed by atoms with Crippen LogP contribution in [-0.2, 0) is 4.74 Å². The van der Waals surface area contributed by atoms with Crippen LogP contribution in [0.1, 0.15) is 43.4 Å². The lowest BCUT2D eigenvalue weighted by Crippen LogP contribution is -2.54.